The molecule has 1 aromatic carbocycles. The minimum Gasteiger partial charge on any atom is -0.389 e. The van der Waals surface area contributed by atoms with Crippen LogP contribution in [0.15, 0.2) is 18.2 Å². The first-order valence-electron chi connectivity index (χ1n) is 6.66. The predicted molar refractivity (Wildman–Crippen MR) is 89.0 cm³/mol. The first-order valence-corrected chi connectivity index (χ1v) is 7.44. The smallest absolute Gasteiger partial charge is 0.104 e. The third-order valence-electron chi connectivity index (χ3n) is 3.49. The molecule has 0 saturated heterocycles. The second kappa shape index (κ2) is 7.11. The molecular weight excluding hydrogens is 276 g/mol. The van der Waals surface area contributed by atoms with E-state index < -0.39 is 0 Å². The molecule has 0 saturated carbocycles. The molecule has 1 rings (SSSR count). The standard InChI is InChI=1S/C15H23ClN2S/c1-9(2)12(10(3)4)8-18-14-6-5-11(15(17)19)7-13(14)16/h5-7,9-10,12,18H,8H2,1-4H3,(H2,17,19). The number of nitrogens with one attached hydrogen (secondary N) is 1. The highest BCUT2D eigenvalue weighted by Crippen LogP contribution is 2.26. The van der Waals surface area contributed by atoms with Crippen LogP contribution < -0.4 is 11.1 Å². The lowest BCUT2D eigenvalue weighted by Crippen LogP contribution is -2.24. The molecule has 0 bridgehead atoms. The average Bonchev–Trinajstić information content (AvgIpc) is 2.29. The molecule has 0 atom stereocenters. The van der Waals surface area contributed by atoms with Gasteiger partial charge in [0.25, 0.3) is 0 Å². The third kappa shape index (κ3) is 4.66. The van der Waals surface area contributed by atoms with Crippen LogP contribution in [0.25, 0.3) is 0 Å². The van der Waals surface area contributed by atoms with Crippen LogP contribution >= 0.6 is 23.8 Å². The van der Waals surface area contributed by atoms with Crippen molar-refractivity contribution in [2.45, 2.75) is 27.7 Å². The molecule has 0 aliphatic heterocycles. The van der Waals surface area contributed by atoms with Crippen LogP contribution in [0.4, 0.5) is 5.69 Å². The van der Waals surface area contributed by atoms with Crippen LogP contribution in [0.5, 0.6) is 0 Å². The maximum absolute atomic E-state index is 6.24. The Labute approximate surface area is 126 Å². The molecule has 0 amide bonds. The molecular formula is C15H23ClN2S. The van der Waals surface area contributed by atoms with Gasteiger partial charge in [-0.15, -0.1) is 0 Å². The van der Waals surface area contributed by atoms with Crippen molar-refractivity contribution in [3.05, 3.63) is 28.8 Å². The van der Waals surface area contributed by atoms with Gasteiger partial charge in [-0.1, -0.05) is 51.5 Å². The molecule has 0 aliphatic rings. The van der Waals surface area contributed by atoms with Crippen molar-refractivity contribution < 1.29 is 0 Å². The first kappa shape index (κ1) is 16.3. The Kier molecular flexibility index (Phi) is 6.08. The zero-order chi connectivity index (χ0) is 14.6. The summed E-state index contributed by atoms with van der Waals surface area (Å²) in [5.41, 5.74) is 7.33. The second-order valence-corrected chi connectivity index (χ2v) is 6.44. The van der Waals surface area contributed by atoms with Crippen LogP contribution in [-0.2, 0) is 0 Å². The summed E-state index contributed by atoms with van der Waals surface area (Å²) < 4.78 is 0. The summed E-state index contributed by atoms with van der Waals surface area (Å²) >= 11 is 11.2. The van der Waals surface area contributed by atoms with Gasteiger partial charge in [0, 0.05) is 12.1 Å². The van der Waals surface area contributed by atoms with E-state index in [0.717, 1.165) is 17.8 Å². The zero-order valence-electron chi connectivity index (χ0n) is 12.0. The van der Waals surface area contributed by atoms with E-state index in [2.05, 4.69) is 33.0 Å². The Morgan fingerprint density at radius 2 is 1.84 bits per heavy atom. The Hall–Kier alpha value is -0.800. The summed E-state index contributed by atoms with van der Waals surface area (Å²) in [5.74, 6) is 1.90. The molecule has 106 valence electrons. The lowest BCUT2D eigenvalue weighted by molar-refractivity contribution is 0.304. The molecule has 0 unspecified atom stereocenters. The van der Waals surface area contributed by atoms with Gasteiger partial charge in [0.05, 0.1) is 10.7 Å². The number of hydrogen-bond acceptors (Lipinski definition) is 2. The van der Waals surface area contributed by atoms with Gasteiger partial charge in [0.2, 0.25) is 0 Å². The number of hydrogen-bond donors (Lipinski definition) is 2. The van der Waals surface area contributed by atoms with Gasteiger partial charge >= 0.3 is 0 Å². The van der Waals surface area contributed by atoms with Crippen molar-refractivity contribution >= 4 is 34.5 Å². The molecule has 1 aromatic rings. The van der Waals surface area contributed by atoms with Crippen LogP contribution in [-0.4, -0.2) is 11.5 Å². The van der Waals surface area contributed by atoms with Crippen molar-refractivity contribution in [3.8, 4) is 0 Å². The van der Waals surface area contributed by atoms with Crippen LogP contribution in [0, 0.1) is 17.8 Å². The number of benzene rings is 1. The Morgan fingerprint density at radius 3 is 2.26 bits per heavy atom. The summed E-state index contributed by atoms with van der Waals surface area (Å²) in [5, 5.41) is 4.09. The molecule has 0 aromatic heterocycles. The lowest BCUT2D eigenvalue weighted by Gasteiger charge is -2.25. The van der Waals surface area contributed by atoms with Gasteiger partial charge in [-0.2, -0.15) is 0 Å². The topological polar surface area (TPSA) is 38.0 Å². The Morgan fingerprint density at radius 1 is 1.26 bits per heavy atom. The van der Waals surface area contributed by atoms with E-state index in [9.17, 15) is 0 Å². The van der Waals surface area contributed by atoms with Crippen molar-refractivity contribution in [1.82, 2.24) is 0 Å². The summed E-state index contributed by atoms with van der Waals surface area (Å²) in [4.78, 5) is 0.371. The fourth-order valence-electron chi connectivity index (χ4n) is 2.28. The maximum atomic E-state index is 6.24. The highest BCUT2D eigenvalue weighted by atomic mass is 35.5. The first-order chi connectivity index (χ1) is 8.82. The molecule has 0 spiro atoms. The summed E-state index contributed by atoms with van der Waals surface area (Å²) in [6.45, 7) is 9.93. The fourth-order valence-corrected chi connectivity index (χ4v) is 2.66. The van der Waals surface area contributed by atoms with E-state index in [4.69, 9.17) is 29.6 Å². The molecule has 0 aliphatic carbocycles. The summed E-state index contributed by atoms with van der Waals surface area (Å²) in [6.07, 6.45) is 0. The quantitative estimate of drug-likeness (QED) is 0.768. The number of anilines is 1. The van der Waals surface area contributed by atoms with Crippen LogP contribution in [0.1, 0.15) is 33.3 Å². The van der Waals surface area contributed by atoms with E-state index >= 15 is 0 Å². The highest BCUT2D eigenvalue weighted by molar-refractivity contribution is 7.80. The predicted octanol–water partition coefficient (Wildman–Crippen LogP) is 4.31. The van der Waals surface area contributed by atoms with E-state index in [1.54, 1.807) is 0 Å². The third-order valence-corrected chi connectivity index (χ3v) is 4.04. The van der Waals surface area contributed by atoms with E-state index in [0.29, 0.717) is 27.8 Å². The van der Waals surface area contributed by atoms with Gasteiger partial charge in [-0.3, -0.25) is 0 Å². The van der Waals surface area contributed by atoms with Crippen molar-refractivity contribution in [3.63, 3.8) is 0 Å². The maximum Gasteiger partial charge on any atom is 0.104 e. The molecule has 3 N–H and O–H groups in total. The van der Waals surface area contributed by atoms with Crippen LogP contribution in [0.2, 0.25) is 5.02 Å². The highest BCUT2D eigenvalue weighted by Gasteiger charge is 2.17. The van der Waals surface area contributed by atoms with Gasteiger partial charge in [0.1, 0.15) is 4.99 Å². The number of rotatable bonds is 6. The molecule has 2 nitrogen and oxygen atoms in total. The normalized spacial score (nSPS) is 11.4. The number of nitrogens with two attached hydrogens (primary N) is 1. The summed E-state index contributed by atoms with van der Waals surface area (Å²) in [7, 11) is 0. The Balaban J connectivity index is 2.75. The zero-order valence-corrected chi connectivity index (χ0v) is 13.6. The Bertz CT molecular complexity index is 436. The summed E-state index contributed by atoms with van der Waals surface area (Å²) in [6, 6.07) is 5.65. The van der Waals surface area contributed by atoms with Gasteiger partial charge < -0.3 is 11.1 Å². The number of thiocarbonyl (C=S) groups is 1. The molecule has 0 radical (unpaired) electrons. The molecule has 19 heavy (non-hydrogen) atoms. The molecule has 0 fully saturated rings. The van der Waals surface area contributed by atoms with Crippen molar-refractivity contribution in [2.75, 3.05) is 11.9 Å². The van der Waals surface area contributed by atoms with Gasteiger partial charge in [0.15, 0.2) is 0 Å². The van der Waals surface area contributed by atoms with E-state index in [1.807, 2.05) is 18.2 Å². The lowest BCUT2D eigenvalue weighted by atomic mass is 9.85. The van der Waals surface area contributed by atoms with Crippen molar-refractivity contribution in [1.29, 1.82) is 0 Å². The number of halogens is 1. The fraction of sp³-hybridized carbons (Fsp3) is 0.533. The van der Waals surface area contributed by atoms with E-state index in [-0.39, 0.29) is 0 Å². The molecule has 0 heterocycles. The van der Waals surface area contributed by atoms with Crippen molar-refractivity contribution in [2.24, 2.45) is 23.5 Å². The average molecular weight is 299 g/mol. The van der Waals surface area contributed by atoms with Gasteiger partial charge in [-0.25, -0.2) is 0 Å². The largest absolute Gasteiger partial charge is 0.389 e. The monoisotopic (exact) mass is 298 g/mol. The van der Waals surface area contributed by atoms with Gasteiger partial charge in [-0.05, 0) is 36.0 Å². The second-order valence-electron chi connectivity index (χ2n) is 5.59. The SMILES string of the molecule is CC(C)C(CNc1ccc(C(N)=S)cc1Cl)C(C)C. The van der Waals surface area contributed by atoms with E-state index in [1.165, 1.54) is 0 Å². The minimum atomic E-state index is 0.371. The molecule has 4 heteroatoms. The van der Waals surface area contributed by atoms with Crippen LogP contribution in [0.3, 0.4) is 0 Å². The minimum absolute atomic E-state index is 0.371.